The van der Waals surface area contributed by atoms with Crippen LogP contribution in [0.4, 0.5) is 13.2 Å². The Morgan fingerprint density at radius 3 is 2.52 bits per heavy atom. The summed E-state index contributed by atoms with van der Waals surface area (Å²) in [6.45, 7) is 1.83. The summed E-state index contributed by atoms with van der Waals surface area (Å²) in [4.78, 5) is 27.0. The number of amides is 2. The summed E-state index contributed by atoms with van der Waals surface area (Å²) >= 11 is 0. The highest BCUT2D eigenvalue weighted by molar-refractivity contribution is 5.98. The van der Waals surface area contributed by atoms with Crippen LogP contribution in [0.5, 0.6) is 0 Å². The fraction of sp³-hybridized carbons (Fsp3) is 0.333. The second-order valence-corrected chi connectivity index (χ2v) is 5.67. The van der Waals surface area contributed by atoms with Gasteiger partial charge in [0.1, 0.15) is 6.04 Å². The number of nitrogens with zero attached hydrogens (tertiary/aromatic N) is 2. The first-order valence-electron chi connectivity index (χ1n) is 7.36. The molecular formula is C15H13F3N4O3. The molecule has 2 atom stereocenters. The van der Waals surface area contributed by atoms with Crippen LogP contribution in [0.1, 0.15) is 29.6 Å². The van der Waals surface area contributed by atoms with Crippen molar-refractivity contribution in [1.82, 2.24) is 20.8 Å². The summed E-state index contributed by atoms with van der Waals surface area (Å²) in [5, 5.41) is 8.57. The Kier molecular flexibility index (Phi) is 4.19. The first-order valence-corrected chi connectivity index (χ1v) is 7.36. The van der Waals surface area contributed by atoms with Crippen molar-refractivity contribution in [3.8, 4) is 11.4 Å². The molecule has 2 heterocycles. The zero-order valence-electron chi connectivity index (χ0n) is 12.9. The number of hydrogen-bond donors (Lipinski definition) is 2. The summed E-state index contributed by atoms with van der Waals surface area (Å²) in [7, 11) is 0. The van der Waals surface area contributed by atoms with Gasteiger partial charge in [-0.15, -0.1) is 0 Å². The monoisotopic (exact) mass is 354 g/mol. The molecule has 25 heavy (non-hydrogen) atoms. The van der Waals surface area contributed by atoms with E-state index in [0.29, 0.717) is 6.42 Å². The highest BCUT2D eigenvalue weighted by Crippen LogP contribution is 2.29. The quantitative estimate of drug-likeness (QED) is 0.875. The molecule has 1 saturated heterocycles. The lowest BCUT2D eigenvalue weighted by Crippen LogP contribution is -2.40. The molecule has 2 N–H and O–H groups in total. The predicted molar refractivity (Wildman–Crippen MR) is 78.2 cm³/mol. The van der Waals surface area contributed by atoms with Crippen molar-refractivity contribution in [1.29, 1.82) is 0 Å². The van der Waals surface area contributed by atoms with E-state index in [1.54, 1.807) is 0 Å². The van der Waals surface area contributed by atoms with Gasteiger partial charge in [0.15, 0.2) is 0 Å². The average Bonchev–Trinajstić information content (AvgIpc) is 3.14. The second kappa shape index (κ2) is 6.19. The van der Waals surface area contributed by atoms with Crippen molar-refractivity contribution in [3.05, 3.63) is 35.7 Å². The van der Waals surface area contributed by atoms with E-state index in [1.807, 2.05) is 6.92 Å². The first-order chi connectivity index (χ1) is 11.7. The Morgan fingerprint density at radius 2 is 2.00 bits per heavy atom. The lowest BCUT2D eigenvalue weighted by atomic mass is 10.1. The maximum atomic E-state index is 12.5. The van der Waals surface area contributed by atoms with Crippen LogP contribution in [0.25, 0.3) is 11.4 Å². The van der Waals surface area contributed by atoms with E-state index in [4.69, 9.17) is 0 Å². The van der Waals surface area contributed by atoms with Crippen molar-refractivity contribution in [2.24, 2.45) is 0 Å². The summed E-state index contributed by atoms with van der Waals surface area (Å²) in [5.41, 5.74) is 0.527. The molecule has 1 aliphatic heterocycles. The first kappa shape index (κ1) is 16.9. The topological polar surface area (TPSA) is 97.1 Å². The highest BCUT2D eigenvalue weighted by atomic mass is 19.4. The molecule has 1 aliphatic rings. The predicted octanol–water partition coefficient (Wildman–Crippen LogP) is 1.76. The largest absolute Gasteiger partial charge is 0.471 e. The lowest BCUT2D eigenvalue weighted by Gasteiger charge is -2.10. The Bertz CT molecular complexity index is 801. The van der Waals surface area contributed by atoms with E-state index in [1.165, 1.54) is 24.3 Å². The Morgan fingerprint density at radius 1 is 1.32 bits per heavy atom. The minimum atomic E-state index is -4.72. The van der Waals surface area contributed by atoms with E-state index in [0.717, 1.165) is 0 Å². The second-order valence-electron chi connectivity index (χ2n) is 5.67. The third-order valence-electron chi connectivity index (χ3n) is 3.67. The van der Waals surface area contributed by atoms with Gasteiger partial charge in [-0.25, -0.2) is 0 Å². The lowest BCUT2D eigenvalue weighted by molar-refractivity contribution is -0.159. The van der Waals surface area contributed by atoms with Gasteiger partial charge >= 0.3 is 12.1 Å². The minimum Gasteiger partial charge on any atom is -0.352 e. The molecule has 10 heteroatoms. The van der Waals surface area contributed by atoms with Crippen molar-refractivity contribution in [2.75, 3.05) is 0 Å². The fourth-order valence-electron chi connectivity index (χ4n) is 2.46. The van der Waals surface area contributed by atoms with E-state index < -0.39 is 24.0 Å². The molecule has 7 nitrogen and oxygen atoms in total. The van der Waals surface area contributed by atoms with Crippen molar-refractivity contribution in [3.63, 3.8) is 0 Å². The van der Waals surface area contributed by atoms with E-state index in [9.17, 15) is 22.8 Å². The number of halogens is 3. The van der Waals surface area contributed by atoms with Crippen LogP contribution in [0.15, 0.2) is 28.8 Å². The molecule has 2 unspecified atom stereocenters. The normalized spacial score (nSPS) is 20.4. The molecule has 0 aliphatic carbocycles. The van der Waals surface area contributed by atoms with Gasteiger partial charge in [0.2, 0.25) is 11.7 Å². The zero-order chi connectivity index (χ0) is 18.2. The summed E-state index contributed by atoms with van der Waals surface area (Å²) < 4.78 is 41.5. The standard InChI is InChI=1S/C15H13F3N4O3/c1-7-6-10(13(24)19-7)20-12(23)9-4-2-8(3-5-9)11-21-14(25-22-11)15(16,17)18/h2-5,7,10H,6H2,1H3,(H,19,24)(H,20,23). The van der Waals surface area contributed by atoms with E-state index >= 15 is 0 Å². The molecule has 3 rings (SSSR count). The van der Waals surface area contributed by atoms with Crippen LogP contribution in [-0.2, 0) is 11.0 Å². The molecular weight excluding hydrogens is 341 g/mol. The number of alkyl halides is 3. The maximum absolute atomic E-state index is 12.5. The third-order valence-corrected chi connectivity index (χ3v) is 3.67. The summed E-state index contributed by atoms with van der Waals surface area (Å²) in [6.07, 6.45) is -4.23. The van der Waals surface area contributed by atoms with E-state index in [2.05, 4.69) is 25.3 Å². The number of benzene rings is 1. The fourth-order valence-corrected chi connectivity index (χ4v) is 2.46. The molecule has 1 aromatic heterocycles. The maximum Gasteiger partial charge on any atom is 0.471 e. The van der Waals surface area contributed by atoms with Crippen LogP contribution in [0.3, 0.4) is 0 Å². The van der Waals surface area contributed by atoms with Gasteiger partial charge in [-0.2, -0.15) is 18.2 Å². The number of nitrogens with one attached hydrogen (secondary N) is 2. The Labute approximate surface area is 139 Å². The SMILES string of the molecule is CC1CC(NC(=O)c2ccc(-c3noc(C(F)(F)F)n3)cc2)C(=O)N1. The molecule has 0 bridgehead atoms. The average molecular weight is 354 g/mol. The van der Waals surface area contributed by atoms with Crippen LogP contribution >= 0.6 is 0 Å². The van der Waals surface area contributed by atoms with Gasteiger partial charge in [0, 0.05) is 17.2 Å². The van der Waals surface area contributed by atoms with E-state index in [-0.39, 0.29) is 28.9 Å². The third kappa shape index (κ3) is 3.62. The molecule has 0 saturated carbocycles. The van der Waals surface area contributed by atoms with Crippen molar-refractivity contribution >= 4 is 11.8 Å². The highest BCUT2D eigenvalue weighted by Gasteiger charge is 2.38. The van der Waals surface area contributed by atoms with Crippen molar-refractivity contribution < 1.29 is 27.3 Å². The smallest absolute Gasteiger partial charge is 0.352 e. The number of rotatable bonds is 3. The molecule has 2 aromatic rings. The van der Waals surface area contributed by atoms with Crippen LogP contribution in [0.2, 0.25) is 0 Å². The molecule has 0 spiro atoms. The van der Waals surface area contributed by atoms with Gasteiger partial charge < -0.3 is 15.2 Å². The zero-order valence-corrected chi connectivity index (χ0v) is 12.9. The summed E-state index contributed by atoms with van der Waals surface area (Å²) in [6, 6.07) is 5.00. The Balaban J connectivity index is 1.71. The minimum absolute atomic E-state index is 0.0127. The molecule has 1 aromatic carbocycles. The van der Waals surface area contributed by atoms with Crippen LogP contribution in [0, 0.1) is 0 Å². The molecule has 2 amide bonds. The van der Waals surface area contributed by atoms with Gasteiger partial charge in [-0.05, 0) is 25.5 Å². The number of aromatic nitrogens is 2. The summed E-state index contributed by atoms with van der Waals surface area (Å²) in [5.74, 6) is -2.37. The Hall–Kier alpha value is -2.91. The number of carbonyl (C=O) groups is 2. The van der Waals surface area contributed by atoms with Gasteiger partial charge in [-0.3, -0.25) is 9.59 Å². The van der Waals surface area contributed by atoms with Crippen LogP contribution in [-0.4, -0.2) is 34.0 Å². The number of hydrogen-bond acceptors (Lipinski definition) is 5. The molecule has 1 fully saturated rings. The van der Waals surface area contributed by atoms with Crippen LogP contribution < -0.4 is 10.6 Å². The van der Waals surface area contributed by atoms with Gasteiger partial charge in [-0.1, -0.05) is 17.3 Å². The van der Waals surface area contributed by atoms with Gasteiger partial charge in [0.25, 0.3) is 5.91 Å². The molecule has 132 valence electrons. The molecule has 0 radical (unpaired) electrons. The number of carbonyl (C=O) groups excluding carboxylic acids is 2. The van der Waals surface area contributed by atoms with Crippen molar-refractivity contribution in [2.45, 2.75) is 31.6 Å². The van der Waals surface area contributed by atoms with Gasteiger partial charge in [0.05, 0.1) is 0 Å².